The van der Waals surface area contributed by atoms with E-state index >= 15 is 0 Å². The number of hydrogen-bond donors (Lipinski definition) is 3. The molecule has 4 rings (SSSR count). The lowest BCUT2D eigenvalue weighted by molar-refractivity contribution is -0.114. The van der Waals surface area contributed by atoms with Crippen molar-refractivity contribution in [2.24, 2.45) is 0 Å². The molecular formula is C27H21Cl2N5O3S2. The Morgan fingerprint density at radius 1 is 0.923 bits per heavy atom. The summed E-state index contributed by atoms with van der Waals surface area (Å²) >= 11 is 15.2. The van der Waals surface area contributed by atoms with Crippen LogP contribution in [0.1, 0.15) is 20.9 Å². The Hall–Kier alpha value is -3.70. The number of anilines is 2. The molecule has 1 heterocycles. The molecule has 0 bridgehead atoms. The molecule has 39 heavy (non-hydrogen) atoms. The summed E-state index contributed by atoms with van der Waals surface area (Å²) < 4.78 is 0. The van der Waals surface area contributed by atoms with Crippen LogP contribution in [-0.4, -0.2) is 33.7 Å². The lowest BCUT2D eigenvalue weighted by Gasteiger charge is -2.13. The van der Waals surface area contributed by atoms with Crippen LogP contribution in [0.15, 0.2) is 83.4 Å². The van der Waals surface area contributed by atoms with Gasteiger partial charge in [0.25, 0.3) is 11.8 Å². The van der Waals surface area contributed by atoms with E-state index in [1.54, 1.807) is 73.7 Å². The number of aromatic nitrogens is 2. The number of benzene rings is 3. The first-order valence-electron chi connectivity index (χ1n) is 11.4. The van der Waals surface area contributed by atoms with Crippen LogP contribution in [0.2, 0.25) is 10.0 Å². The smallest absolute Gasteiger partial charge is 0.272 e. The van der Waals surface area contributed by atoms with E-state index in [9.17, 15) is 14.4 Å². The van der Waals surface area contributed by atoms with Gasteiger partial charge in [0.1, 0.15) is 10.7 Å². The molecule has 0 unspecified atom stereocenters. The number of amides is 3. The molecule has 0 aliphatic heterocycles. The van der Waals surface area contributed by atoms with Crippen LogP contribution < -0.4 is 16.0 Å². The van der Waals surface area contributed by atoms with Crippen molar-refractivity contribution in [3.63, 3.8) is 0 Å². The number of nitrogens with zero attached hydrogens (tertiary/aromatic N) is 2. The quantitative estimate of drug-likeness (QED) is 0.154. The molecule has 198 valence electrons. The minimum Gasteiger partial charge on any atom is -0.321 e. The number of aryl methyl sites for hydroxylation is 1. The highest BCUT2D eigenvalue weighted by Crippen LogP contribution is 2.27. The third-order valence-corrected chi connectivity index (χ3v) is 7.46. The summed E-state index contributed by atoms with van der Waals surface area (Å²) in [4.78, 5) is 39.2. The van der Waals surface area contributed by atoms with Gasteiger partial charge in [0.15, 0.2) is 0 Å². The van der Waals surface area contributed by atoms with Crippen LogP contribution in [0.25, 0.3) is 6.08 Å². The highest BCUT2D eigenvalue weighted by Gasteiger charge is 2.17. The van der Waals surface area contributed by atoms with E-state index in [-0.39, 0.29) is 17.4 Å². The second-order valence-electron chi connectivity index (χ2n) is 7.96. The summed E-state index contributed by atoms with van der Waals surface area (Å²) in [5, 5.41) is 17.7. The minimum atomic E-state index is -0.582. The number of thioether (sulfide) groups is 1. The van der Waals surface area contributed by atoms with Gasteiger partial charge < -0.3 is 10.6 Å². The summed E-state index contributed by atoms with van der Waals surface area (Å²) in [5.74, 6) is -1.14. The fraction of sp³-hybridized carbons (Fsp3) is 0.0741. The van der Waals surface area contributed by atoms with Crippen molar-refractivity contribution in [2.75, 3.05) is 16.4 Å². The molecule has 1 aromatic heterocycles. The van der Waals surface area contributed by atoms with Gasteiger partial charge in [-0.1, -0.05) is 64.9 Å². The van der Waals surface area contributed by atoms with Crippen LogP contribution in [0.3, 0.4) is 0 Å². The normalized spacial score (nSPS) is 11.1. The number of rotatable bonds is 9. The standard InChI is InChI=1S/C27H21Cl2N5O3S2/c1-16-33-34-27(39-16)32-24(35)15-38-19-10-5-9-18(13-19)30-26(37)23(14-20-21(28)11-6-12-22(20)29)31-25(36)17-7-3-2-4-8-17/h2-14H,15H2,1H3,(H,30,37)(H,31,36)(H,32,34,35)/b23-14+. The number of carbonyl (C=O) groups excluding carboxylic acids is 3. The topological polar surface area (TPSA) is 113 Å². The van der Waals surface area contributed by atoms with Gasteiger partial charge in [-0.25, -0.2) is 0 Å². The molecule has 0 fully saturated rings. The van der Waals surface area contributed by atoms with E-state index in [2.05, 4.69) is 26.1 Å². The fourth-order valence-electron chi connectivity index (χ4n) is 3.25. The average molecular weight is 599 g/mol. The van der Waals surface area contributed by atoms with E-state index in [0.29, 0.717) is 32.0 Å². The molecule has 0 aliphatic carbocycles. The molecule has 0 saturated heterocycles. The highest BCUT2D eigenvalue weighted by atomic mass is 35.5. The molecular weight excluding hydrogens is 577 g/mol. The molecule has 0 aliphatic rings. The van der Waals surface area contributed by atoms with Crippen molar-refractivity contribution in [2.45, 2.75) is 11.8 Å². The largest absolute Gasteiger partial charge is 0.321 e. The second-order valence-corrected chi connectivity index (χ2v) is 11.0. The van der Waals surface area contributed by atoms with Crippen molar-refractivity contribution < 1.29 is 14.4 Å². The zero-order valence-electron chi connectivity index (χ0n) is 20.4. The molecule has 0 spiro atoms. The first-order valence-corrected chi connectivity index (χ1v) is 14.0. The third kappa shape index (κ3) is 8.14. The lowest BCUT2D eigenvalue weighted by atomic mass is 10.1. The van der Waals surface area contributed by atoms with Crippen molar-refractivity contribution >= 4 is 80.9 Å². The van der Waals surface area contributed by atoms with E-state index in [1.165, 1.54) is 29.2 Å². The first-order chi connectivity index (χ1) is 18.8. The SMILES string of the molecule is Cc1nnc(NC(=O)CSc2cccc(NC(=O)/C(=C\c3c(Cl)cccc3Cl)NC(=O)c3ccccc3)c2)s1. The van der Waals surface area contributed by atoms with Crippen molar-refractivity contribution in [1.29, 1.82) is 0 Å². The average Bonchev–Trinajstić information content (AvgIpc) is 3.33. The Labute approximate surface area is 242 Å². The van der Waals surface area contributed by atoms with Crippen LogP contribution in [-0.2, 0) is 9.59 Å². The summed E-state index contributed by atoms with van der Waals surface area (Å²) in [6, 6.07) is 20.5. The van der Waals surface area contributed by atoms with Crippen molar-refractivity contribution in [3.8, 4) is 0 Å². The number of halogens is 2. The second kappa shape index (κ2) is 13.4. The van der Waals surface area contributed by atoms with Crippen LogP contribution in [0.4, 0.5) is 10.8 Å². The van der Waals surface area contributed by atoms with Crippen LogP contribution >= 0.6 is 46.3 Å². The minimum absolute atomic E-state index is 0.0522. The molecule has 3 amide bonds. The lowest BCUT2D eigenvalue weighted by Crippen LogP contribution is -2.30. The third-order valence-electron chi connectivity index (χ3n) is 5.05. The molecule has 3 aromatic carbocycles. The van der Waals surface area contributed by atoms with Gasteiger partial charge in [0, 0.05) is 31.8 Å². The first kappa shape index (κ1) is 28.3. The van der Waals surface area contributed by atoms with Gasteiger partial charge in [0.2, 0.25) is 11.0 Å². The molecule has 12 heteroatoms. The van der Waals surface area contributed by atoms with Crippen molar-refractivity contribution in [1.82, 2.24) is 15.5 Å². The molecule has 0 saturated carbocycles. The Balaban J connectivity index is 1.49. The molecule has 8 nitrogen and oxygen atoms in total. The Morgan fingerprint density at radius 2 is 1.64 bits per heavy atom. The van der Waals surface area contributed by atoms with Gasteiger partial charge in [-0.05, 0) is 55.5 Å². The predicted octanol–water partition coefficient (Wildman–Crippen LogP) is 6.29. The highest BCUT2D eigenvalue weighted by molar-refractivity contribution is 8.00. The predicted molar refractivity (Wildman–Crippen MR) is 157 cm³/mol. The van der Waals surface area contributed by atoms with Gasteiger partial charge in [0.05, 0.1) is 5.75 Å². The van der Waals surface area contributed by atoms with E-state index in [1.807, 2.05) is 6.07 Å². The van der Waals surface area contributed by atoms with E-state index < -0.39 is 11.8 Å². The zero-order valence-corrected chi connectivity index (χ0v) is 23.5. The zero-order chi connectivity index (χ0) is 27.8. The summed E-state index contributed by atoms with van der Waals surface area (Å²) in [6.07, 6.45) is 1.43. The molecule has 0 atom stereocenters. The summed E-state index contributed by atoms with van der Waals surface area (Å²) in [5.41, 5.74) is 1.18. The summed E-state index contributed by atoms with van der Waals surface area (Å²) in [6.45, 7) is 1.80. The maximum atomic E-state index is 13.3. The number of carbonyl (C=O) groups is 3. The van der Waals surface area contributed by atoms with Gasteiger partial charge in [-0.3, -0.25) is 19.7 Å². The van der Waals surface area contributed by atoms with Gasteiger partial charge in [-0.15, -0.1) is 22.0 Å². The van der Waals surface area contributed by atoms with Gasteiger partial charge in [-0.2, -0.15) is 0 Å². The maximum Gasteiger partial charge on any atom is 0.272 e. The molecule has 4 aromatic rings. The Kier molecular flexibility index (Phi) is 9.72. The van der Waals surface area contributed by atoms with E-state index in [0.717, 1.165) is 9.90 Å². The van der Waals surface area contributed by atoms with Crippen LogP contribution in [0.5, 0.6) is 0 Å². The number of hydrogen-bond acceptors (Lipinski definition) is 7. The molecule has 0 radical (unpaired) electrons. The van der Waals surface area contributed by atoms with Crippen LogP contribution in [0, 0.1) is 6.92 Å². The Bertz CT molecular complexity index is 1520. The fourth-order valence-corrected chi connectivity index (χ4v) is 5.12. The summed E-state index contributed by atoms with van der Waals surface area (Å²) in [7, 11) is 0. The monoisotopic (exact) mass is 597 g/mol. The Morgan fingerprint density at radius 3 is 2.33 bits per heavy atom. The van der Waals surface area contributed by atoms with E-state index in [4.69, 9.17) is 23.2 Å². The number of nitrogens with one attached hydrogen (secondary N) is 3. The van der Waals surface area contributed by atoms with Gasteiger partial charge >= 0.3 is 0 Å². The molecule has 3 N–H and O–H groups in total. The van der Waals surface area contributed by atoms with Crippen molar-refractivity contribution in [3.05, 3.63) is 105 Å². The maximum absolute atomic E-state index is 13.3.